The molecular formula is C17H19FN2O3. The minimum atomic E-state index is -0.585. The first-order valence-electron chi connectivity index (χ1n) is 7.29. The summed E-state index contributed by atoms with van der Waals surface area (Å²) in [6, 6.07) is 4.30. The second-order valence-corrected chi connectivity index (χ2v) is 6.45. The largest absolute Gasteiger partial charge is 0.463 e. The summed E-state index contributed by atoms with van der Waals surface area (Å²) in [6.07, 6.45) is 1.13. The number of ether oxygens (including phenoxy) is 1. The molecule has 6 heteroatoms. The van der Waals surface area contributed by atoms with Crippen LogP contribution in [0.25, 0.3) is 11.0 Å². The molecule has 0 bridgehead atoms. The van der Waals surface area contributed by atoms with Gasteiger partial charge in [-0.15, -0.1) is 0 Å². The van der Waals surface area contributed by atoms with E-state index in [0.717, 1.165) is 0 Å². The van der Waals surface area contributed by atoms with Crippen molar-refractivity contribution in [2.45, 2.75) is 45.8 Å². The predicted molar refractivity (Wildman–Crippen MR) is 83.4 cm³/mol. The molecule has 0 fully saturated rings. The van der Waals surface area contributed by atoms with Crippen LogP contribution in [0.4, 0.5) is 9.18 Å². The highest BCUT2D eigenvalue weighted by molar-refractivity contribution is 5.86. The fourth-order valence-electron chi connectivity index (χ4n) is 2.30. The van der Waals surface area contributed by atoms with Crippen molar-refractivity contribution in [2.24, 2.45) is 0 Å². The maximum absolute atomic E-state index is 13.8. The van der Waals surface area contributed by atoms with E-state index in [9.17, 15) is 9.18 Å². The number of carbonyl (C=O) groups excluding carboxylic acids is 1. The Morgan fingerprint density at radius 3 is 2.78 bits per heavy atom. The Labute approximate surface area is 134 Å². The smallest absolute Gasteiger partial charge is 0.407 e. The van der Waals surface area contributed by atoms with Crippen LogP contribution in [0.5, 0.6) is 0 Å². The third-order valence-corrected chi connectivity index (χ3v) is 3.13. The number of nitrogens with one attached hydrogen (secondary N) is 1. The third kappa shape index (κ3) is 4.22. The van der Waals surface area contributed by atoms with Gasteiger partial charge in [-0.05, 0) is 46.2 Å². The molecule has 1 aromatic carbocycles. The summed E-state index contributed by atoms with van der Waals surface area (Å²) >= 11 is 0. The fraction of sp³-hybridized carbons (Fsp3) is 0.412. The Morgan fingerprint density at radius 1 is 1.48 bits per heavy atom. The topological polar surface area (TPSA) is 75.3 Å². The zero-order chi connectivity index (χ0) is 17.2. The van der Waals surface area contributed by atoms with E-state index < -0.39 is 17.5 Å². The van der Waals surface area contributed by atoms with Gasteiger partial charge in [0.2, 0.25) is 0 Å². The number of furan rings is 1. The van der Waals surface area contributed by atoms with Crippen molar-refractivity contribution < 1.29 is 18.3 Å². The van der Waals surface area contributed by atoms with E-state index in [0.29, 0.717) is 23.0 Å². The first kappa shape index (κ1) is 16.8. The van der Waals surface area contributed by atoms with Crippen molar-refractivity contribution in [3.8, 4) is 6.07 Å². The molecule has 5 nitrogen and oxygen atoms in total. The van der Waals surface area contributed by atoms with Crippen LogP contribution in [0.2, 0.25) is 0 Å². The van der Waals surface area contributed by atoms with E-state index in [-0.39, 0.29) is 11.6 Å². The summed E-state index contributed by atoms with van der Waals surface area (Å²) in [5.74, 6) is -0.449. The van der Waals surface area contributed by atoms with Crippen LogP contribution < -0.4 is 5.32 Å². The molecule has 1 N–H and O–H groups in total. The number of nitriles is 1. The number of benzene rings is 1. The van der Waals surface area contributed by atoms with Crippen molar-refractivity contribution in [3.63, 3.8) is 0 Å². The number of nitrogens with zero attached hydrogens (tertiary/aromatic N) is 1. The van der Waals surface area contributed by atoms with Gasteiger partial charge in [-0.25, -0.2) is 9.18 Å². The first-order chi connectivity index (χ1) is 10.7. The highest BCUT2D eigenvalue weighted by atomic mass is 19.1. The minimum Gasteiger partial charge on any atom is -0.463 e. The molecule has 0 aliphatic heterocycles. The van der Waals surface area contributed by atoms with Crippen LogP contribution in [0.15, 0.2) is 22.8 Å². The summed E-state index contributed by atoms with van der Waals surface area (Å²) in [6.45, 7) is 7.12. The Bertz CT molecular complexity index is 768. The lowest BCUT2D eigenvalue weighted by Gasteiger charge is -2.22. The quantitative estimate of drug-likeness (QED) is 0.931. The van der Waals surface area contributed by atoms with Crippen LogP contribution >= 0.6 is 0 Å². The zero-order valence-electron chi connectivity index (χ0n) is 13.6. The standard InChI is InChI=1S/C17H19FN2O3/c1-10(20-16(21)23-17(2,3)4)5-11-6-13(18)7-14-12(8-19)9-22-15(11)14/h6-7,9-10H,5H2,1-4H3,(H,20,21). The van der Waals surface area contributed by atoms with Gasteiger partial charge >= 0.3 is 6.09 Å². The van der Waals surface area contributed by atoms with Crippen LogP contribution in [0.1, 0.15) is 38.8 Å². The fourth-order valence-corrected chi connectivity index (χ4v) is 2.30. The number of rotatable bonds is 3. The highest BCUT2D eigenvalue weighted by Gasteiger charge is 2.19. The Morgan fingerprint density at radius 2 is 2.17 bits per heavy atom. The first-order valence-corrected chi connectivity index (χ1v) is 7.29. The normalized spacial score (nSPS) is 12.7. The van der Waals surface area contributed by atoms with Gasteiger partial charge in [-0.2, -0.15) is 5.26 Å². The molecule has 0 saturated heterocycles. The molecule has 0 radical (unpaired) electrons. The van der Waals surface area contributed by atoms with E-state index in [4.69, 9.17) is 14.4 Å². The van der Waals surface area contributed by atoms with Crippen LogP contribution in [0, 0.1) is 17.1 Å². The van der Waals surface area contributed by atoms with Crippen molar-refractivity contribution >= 4 is 17.1 Å². The van der Waals surface area contributed by atoms with E-state index in [1.54, 1.807) is 27.7 Å². The Kier molecular flexibility index (Phi) is 4.60. The summed E-state index contributed by atoms with van der Waals surface area (Å²) in [5.41, 5.74) is 0.748. The second-order valence-electron chi connectivity index (χ2n) is 6.45. The molecule has 1 amide bonds. The molecule has 0 aliphatic rings. The van der Waals surface area contributed by atoms with Gasteiger partial charge in [0.05, 0.1) is 5.56 Å². The molecule has 23 heavy (non-hydrogen) atoms. The molecule has 2 rings (SSSR count). The van der Waals surface area contributed by atoms with E-state index in [1.165, 1.54) is 18.4 Å². The van der Waals surface area contributed by atoms with Gasteiger partial charge in [0, 0.05) is 17.0 Å². The Hall–Kier alpha value is -2.55. The van der Waals surface area contributed by atoms with E-state index >= 15 is 0 Å². The lowest BCUT2D eigenvalue weighted by molar-refractivity contribution is 0.0508. The minimum absolute atomic E-state index is 0.286. The summed E-state index contributed by atoms with van der Waals surface area (Å²) in [7, 11) is 0. The Balaban J connectivity index is 2.17. The highest BCUT2D eigenvalue weighted by Crippen LogP contribution is 2.26. The summed E-state index contributed by atoms with van der Waals surface area (Å²) < 4.78 is 24.3. The monoisotopic (exact) mass is 318 g/mol. The van der Waals surface area contributed by atoms with Crippen molar-refractivity contribution in [3.05, 3.63) is 35.3 Å². The lowest BCUT2D eigenvalue weighted by Crippen LogP contribution is -2.38. The molecule has 0 saturated carbocycles. The van der Waals surface area contributed by atoms with E-state index in [2.05, 4.69) is 5.32 Å². The van der Waals surface area contributed by atoms with Crippen LogP contribution in [0.3, 0.4) is 0 Å². The molecule has 1 atom stereocenters. The van der Waals surface area contributed by atoms with Crippen molar-refractivity contribution in [1.29, 1.82) is 5.26 Å². The zero-order valence-corrected chi connectivity index (χ0v) is 13.6. The molecule has 0 aliphatic carbocycles. The number of halogens is 1. The van der Waals surface area contributed by atoms with Gasteiger partial charge in [0.15, 0.2) is 0 Å². The molecule has 122 valence electrons. The number of fused-ring (bicyclic) bond motifs is 1. The van der Waals surface area contributed by atoms with Gasteiger partial charge in [0.1, 0.15) is 29.3 Å². The average Bonchev–Trinajstić information content (AvgIpc) is 2.78. The maximum Gasteiger partial charge on any atom is 0.407 e. The van der Waals surface area contributed by atoms with Crippen molar-refractivity contribution in [1.82, 2.24) is 5.32 Å². The average molecular weight is 318 g/mol. The predicted octanol–water partition coefficient (Wildman–Crippen LogP) is 3.90. The van der Waals surface area contributed by atoms with E-state index in [1.807, 2.05) is 6.07 Å². The van der Waals surface area contributed by atoms with Gasteiger partial charge in [-0.3, -0.25) is 0 Å². The third-order valence-electron chi connectivity index (χ3n) is 3.13. The van der Waals surface area contributed by atoms with Crippen LogP contribution in [-0.2, 0) is 11.2 Å². The molecule has 1 heterocycles. The lowest BCUT2D eigenvalue weighted by atomic mass is 10.0. The SMILES string of the molecule is CC(Cc1cc(F)cc2c(C#N)coc12)NC(=O)OC(C)(C)C. The molecule has 1 aromatic heterocycles. The number of hydrogen-bond acceptors (Lipinski definition) is 4. The summed E-state index contributed by atoms with van der Waals surface area (Å²) in [4.78, 5) is 11.8. The molecular weight excluding hydrogens is 299 g/mol. The second kappa shape index (κ2) is 6.29. The van der Waals surface area contributed by atoms with Gasteiger partial charge in [0.25, 0.3) is 0 Å². The van der Waals surface area contributed by atoms with Gasteiger partial charge in [-0.1, -0.05) is 0 Å². The number of hydrogen-bond donors (Lipinski definition) is 1. The van der Waals surface area contributed by atoms with Crippen molar-refractivity contribution in [2.75, 3.05) is 0 Å². The molecule has 1 unspecified atom stereocenters. The number of amides is 1. The number of alkyl carbamates (subject to hydrolysis) is 1. The summed E-state index contributed by atoms with van der Waals surface area (Å²) in [5, 5.41) is 12.1. The molecule has 0 spiro atoms. The molecule has 2 aromatic rings. The van der Waals surface area contributed by atoms with Crippen LogP contribution in [-0.4, -0.2) is 17.7 Å². The number of carbonyl (C=O) groups is 1. The maximum atomic E-state index is 13.8. The van der Waals surface area contributed by atoms with Gasteiger partial charge < -0.3 is 14.5 Å².